The van der Waals surface area contributed by atoms with Crippen LogP contribution < -0.4 is 5.32 Å². The van der Waals surface area contributed by atoms with Crippen LogP contribution in [0.5, 0.6) is 0 Å². The molecule has 1 amide bonds. The summed E-state index contributed by atoms with van der Waals surface area (Å²) in [5.74, 6) is -0.0308. The van der Waals surface area contributed by atoms with E-state index in [0.29, 0.717) is 6.54 Å². The van der Waals surface area contributed by atoms with Crippen molar-refractivity contribution in [2.45, 2.75) is 53.6 Å². The third kappa shape index (κ3) is 3.31. The first-order valence-corrected chi connectivity index (χ1v) is 8.79. The Morgan fingerprint density at radius 3 is 2.68 bits per heavy atom. The van der Waals surface area contributed by atoms with E-state index in [1.54, 1.807) is 10.9 Å². The Morgan fingerprint density at radius 2 is 2.04 bits per heavy atom. The number of H-pyrrole nitrogens is 1. The van der Waals surface area contributed by atoms with Gasteiger partial charge in [-0.2, -0.15) is 5.10 Å². The van der Waals surface area contributed by atoms with E-state index in [9.17, 15) is 4.79 Å². The van der Waals surface area contributed by atoms with E-state index in [4.69, 9.17) is 0 Å². The molecule has 1 aromatic carbocycles. The van der Waals surface area contributed by atoms with Gasteiger partial charge >= 0.3 is 0 Å². The van der Waals surface area contributed by atoms with Gasteiger partial charge in [-0.3, -0.25) is 9.48 Å². The van der Waals surface area contributed by atoms with Gasteiger partial charge in [0.15, 0.2) is 0 Å². The lowest BCUT2D eigenvalue weighted by Gasteiger charge is -2.13. The van der Waals surface area contributed by atoms with Gasteiger partial charge in [0.1, 0.15) is 6.04 Å². The maximum absolute atomic E-state index is 12.5. The zero-order valence-corrected chi connectivity index (χ0v) is 15.6. The second kappa shape index (κ2) is 6.75. The lowest BCUT2D eigenvalue weighted by atomic mass is 10.0. The number of hydrogen-bond donors (Lipinski definition) is 2. The summed E-state index contributed by atoms with van der Waals surface area (Å²) < 4.78 is 1.70. The van der Waals surface area contributed by atoms with Gasteiger partial charge in [0.05, 0.1) is 11.7 Å². The van der Waals surface area contributed by atoms with Gasteiger partial charge < -0.3 is 10.3 Å². The number of aryl methyl sites for hydroxylation is 4. The highest BCUT2D eigenvalue weighted by atomic mass is 16.2. The Kier molecular flexibility index (Phi) is 4.66. The maximum Gasteiger partial charge on any atom is 0.244 e. The third-order valence-electron chi connectivity index (χ3n) is 4.81. The van der Waals surface area contributed by atoms with Gasteiger partial charge in [0, 0.05) is 23.8 Å². The highest BCUT2D eigenvalue weighted by Crippen LogP contribution is 2.26. The SMILES string of the molecule is CCc1[nH]c2c(CNC(=O)[C@@H](C)n3cc(C)cn3)cc(C)cc2c1C. The average Bonchev–Trinajstić information content (AvgIpc) is 3.15. The van der Waals surface area contributed by atoms with E-state index < -0.39 is 0 Å². The summed E-state index contributed by atoms with van der Waals surface area (Å²) in [4.78, 5) is 16.0. The van der Waals surface area contributed by atoms with Gasteiger partial charge in [-0.15, -0.1) is 0 Å². The number of nitrogens with zero attached hydrogens (tertiary/aromatic N) is 2. The molecule has 2 aromatic heterocycles. The van der Waals surface area contributed by atoms with Gasteiger partial charge in [0.2, 0.25) is 5.91 Å². The molecule has 0 radical (unpaired) electrons. The van der Waals surface area contributed by atoms with Crippen molar-refractivity contribution in [3.63, 3.8) is 0 Å². The van der Waals surface area contributed by atoms with Crippen molar-refractivity contribution in [1.29, 1.82) is 0 Å². The minimum atomic E-state index is -0.328. The Balaban J connectivity index is 1.82. The molecule has 0 aliphatic heterocycles. The smallest absolute Gasteiger partial charge is 0.244 e. The van der Waals surface area contributed by atoms with Crippen LogP contribution in [0.2, 0.25) is 0 Å². The second-order valence-corrected chi connectivity index (χ2v) is 6.82. The molecule has 5 nitrogen and oxygen atoms in total. The zero-order valence-electron chi connectivity index (χ0n) is 15.6. The van der Waals surface area contributed by atoms with Crippen molar-refractivity contribution >= 4 is 16.8 Å². The monoisotopic (exact) mass is 338 g/mol. The molecule has 0 unspecified atom stereocenters. The number of nitrogens with one attached hydrogen (secondary N) is 2. The predicted molar refractivity (Wildman–Crippen MR) is 101 cm³/mol. The molecular weight excluding hydrogens is 312 g/mol. The summed E-state index contributed by atoms with van der Waals surface area (Å²) in [5, 5.41) is 8.53. The van der Waals surface area contributed by atoms with Crippen LogP contribution in [0.3, 0.4) is 0 Å². The van der Waals surface area contributed by atoms with Crippen molar-refractivity contribution in [1.82, 2.24) is 20.1 Å². The molecule has 0 fully saturated rings. The first-order chi connectivity index (χ1) is 11.9. The van der Waals surface area contributed by atoms with Crippen molar-refractivity contribution in [3.8, 4) is 0 Å². The summed E-state index contributed by atoms with van der Waals surface area (Å²) in [6.07, 6.45) is 4.62. The number of aromatic nitrogens is 3. The standard InChI is InChI=1S/C20H26N4O/c1-6-18-14(4)17-8-12(2)7-16(19(17)23-18)10-21-20(25)15(5)24-11-13(3)9-22-24/h7-9,11,15,23H,6,10H2,1-5H3,(H,21,25)/t15-/m1/s1. The molecule has 0 saturated carbocycles. The largest absolute Gasteiger partial charge is 0.358 e. The molecule has 0 spiro atoms. The fraction of sp³-hybridized carbons (Fsp3) is 0.400. The molecule has 3 rings (SSSR count). The van der Waals surface area contributed by atoms with E-state index in [2.05, 4.69) is 48.3 Å². The summed E-state index contributed by atoms with van der Waals surface area (Å²) in [6, 6.07) is 4.02. The van der Waals surface area contributed by atoms with Crippen LogP contribution in [-0.4, -0.2) is 20.7 Å². The first-order valence-electron chi connectivity index (χ1n) is 8.79. The van der Waals surface area contributed by atoms with Crippen molar-refractivity contribution in [2.75, 3.05) is 0 Å². The fourth-order valence-corrected chi connectivity index (χ4v) is 3.30. The van der Waals surface area contributed by atoms with Crippen LogP contribution in [0.4, 0.5) is 0 Å². The molecule has 0 saturated heterocycles. The number of aromatic amines is 1. The van der Waals surface area contributed by atoms with Gasteiger partial charge in [-0.1, -0.05) is 18.6 Å². The number of hydrogen-bond acceptors (Lipinski definition) is 2. The van der Waals surface area contributed by atoms with E-state index in [0.717, 1.165) is 23.1 Å². The lowest BCUT2D eigenvalue weighted by molar-refractivity contribution is -0.124. The Labute approximate surface area is 148 Å². The Morgan fingerprint density at radius 1 is 1.28 bits per heavy atom. The molecular formula is C20H26N4O. The van der Waals surface area contributed by atoms with Gasteiger partial charge in [-0.05, 0) is 56.9 Å². The molecule has 0 aliphatic carbocycles. The predicted octanol–water partition coefficient (Wildman–Crippen LogP) is 3.73. The number of carbonyl (C=O) groups is 1. The number of fused-ring (bicyclic) bond motifs is 1. The summed E-state index contributed by atoms with van der Waals surface area (Å²) in [6.45, 7) is 10.7. The molecule has 2 heterocycles. The number of rotatable bonds is 5. The quantitative estimate of drug-likeness (QED) is 0.744. The Bertz CT molecular complexity index is 919. The summed E-state index contributed by atoms with van der Waals surface area (Å²) >= 11 is 0. The topological polar surface area (TPSA) is 62.7 Å². The maximum atomic E-state index is 12.5. The van der Waals surface area contributed by atoms with E-state index in [1.165, 1.54) is 22.2 Å². The van der Waals surface area contributed by atoms with Crippen LogP contribution in [-0.2, 0) is 17.8 Å². The highest BCUT2D eigenvalue weighted by Gasteiger charge is 2.16. The molecule has 2 N–H and O–H groups in total. The fourth-order valence-electron chi connectivity index (χ4n) is 3.30. The van der Waals surface area contributed by atoms with E-state index >= 15 is 0 Å². The lowest BCUT2D eigenvalue weighted by Crippen LogP contribution is -2.30. The molecule has 0 bridgehead atoms. The molecule has 0 aliphatic rings. The normalized spacial score (nSPS) is 12.5. The molecule has 132 valence electrons. The second-order valence-electron chi connectivity index (χ2n) is 6.82. The Hall–Kier alpha value is -2.56. The number of benzene rings is 1. The summed E-state index contributed by atoms with van der Waals surface area (Å²) in [7, 11) is 0. The van der Waals surface area contributed by atoms with Crippen molar-refractivity contribution in [2.24, 2.45) is 0 Å². The van der Waals surface area contributed by atoms with E-state index in [-0.39, 0.29) is 11.9 Å². The molecule has 1 atom stereocenters. The summed E-state index contributed by atoms with van der Waals surface area (Å²) in [5.41, 5.74) is 7.06. The van der Waals surface area contributed by atoms with Gasteiger partial charge in [0.25, 0.3) is 0 Å². The molecule has 25 heavy (non-hydrogen) atoms. The number of carbonyl (C=O) groups excluding carboxylic acids is 1. The minimum Gasteiger partial charge on any atom is -0.358 e. The van der Waals surface area contributed by atoms with Crippen molar-refractivity contribution < 1.29 is 4.79 Å². The van der Waals surface area contributed by atoms with Crippen LogP contribution in [0, 0.1) is 20.8 Å². The van der Waals surface area contributed by atoms with Gasteiger partial charge in [-0.25, -0.2) is 0 Å². The average molecular weight is 338 g/mol. The first kappa shape index (κ1) is 17.3. The van der Waals surface area contributed by atoms with E-state index in [1.807, 2.05) is 20.0 Å². The molecule has 5 heteroatoms. The zero-order chi connectivity index (χ0) is 18.1. The highest BCUT2D eigenvalue weighted by molar-refractivity contribution is 5.88. The molecule has 3 aromatic rings. The van der Waals surface area contributed by atoms with Crippen LogP contribution >= 0.6 is 0 Å². The third-order valence-corrected chi connectivity index (χ3v) is 4.81. The van der Waals surface area contributed by atoms with Crippen LogP contribution in [0.1, 0.15) is 47.8 Å². The van der Waals surface area contributed by atoms with Crippen LogP contribution in [0.15, 0.2) is 24.5 Å². The number of amides is 1. The minimum absolute atomic E-state index is 0.0308. The van der Waals surface area contributed by atoms with Crippen molar-refractivity contribution in [3.05, 3.63) is 52.5 Å². The van der Waals surface area contributed by atoms with Crippen LogP contribution in [0.25, 0.3) is 10.9 Å².